The second-order valence-corrected chi connectivity index (χ2v) is 6.92. The highest BCUT2D eigenvalue weighted by Crippen LogP contribution is 2.44. The van der Waals surface area contributed by atoms with Crippen molar-refractivity contribution in [2.45, 2.75) is 46.1 Å². The van der Waals surface area contributed by atoms with Gasteiger partial charge in [0.2, 0.25) is 0 Å². The molecule has 2 heterocycles. The first kappa shape index (κ1) is 14.4. The highest BCUT2D eigenvalue weighted by atomic mass is 16.5. The molecule has 0 saturated carbocycles. The van der Waals surface area contributed by atoms with Gasteiger partial charge >= 0.3 is 0 Å². The molecule has 1 aliphatic heterocycles. The van der Waals surface area contributed by atoms with Crippen molar-refractivity contribution in [3.8, 4) is 5.75 Å². The van der Waals surface area contributed by atoms with Crippen LogP contribution in [0.1, 0.15) is 41.4 Å². The Morgan fingerprint density at radius 1 is 1.00 bits per heavy atom. The summed E-state index contributed by atoms with van der Waals surface area (Å²) >= 11 is 0. The molecule has 2 aromatic carbocycles. The van der Waals surface area contributed by atoms with Gasteiger partial charge in [0.1, 0.15) is 17.1 Å². The van der Waals surface area contributed by atoms with E-state index in [-0.39, 0.29) is 0 Å². The Morgan fingerprint density at radius 2 is 1.78 bits per heavy atom. The second kappa shape index (κ2) is 4.89. The molecule has 1 atom stereocenters. The fourth-order valence-electron chi connectivity index (χ4n) is 3.61. The number of ether oxygens (including phenoxy) is 1. The Morgan fingerprint density at radius 3 is 2.57 bits per heavy atom. The van der Waals surface area contributed by atoms with Crippen LogP contribution in [-0.4, -0.2) is 0 Å². The van der Waals surface area contributed by atoms with Crippen molar-refractivity contribution in [3.63, 3.8) is 0 Å². The zero-order valence-corrected chi connectivity index (χ0v) is 14.2. The van der Waals surface area contributed by atoms with Crippen LogP contribution >= 0.6 is 0 Å². The molecule has 0 fully saturated rings. The van der Waals surface area contributed by atoms with E-state index in [1.165, 1.54) is 22.3 Å². The average molecular weight is 306 g/mol. The molecule has 0 saturated heterocycles. The van der Waals surface area contributed by atoms with Crippen molar-refractivity contribution in [1.82, 2.24) is 0 Å². The highest BCUT2D eigenvalue weighted by Gasteiger charge is 2.38. The SMILES string of the molecule is Cc1cc(C)c2c(c1C)OC(C)(c1cc3ccccc3o1)CC2. The first-order chi connectivity index (χ1) is 11.0. The number of aryl methyl sites for hydroxylation is 2. The zero-order chi connectivity index (χ0) is 16.2. The van der Waals surface area contributed by atoms with Gasteiger partial charge in [0.15, 0.2) is 5.60 Å². The quantitative estimate of drug-likeness (QED) is 0.584. The average Bonchev–Trinajstić information content (AvgIpc) is 2.97. The number of benzene rings is 2. The van der Waals surface area contributed by atoms with Gasteiger partial charge in [-0.25, -0.2) is 0 Å². The third-order valence-electron chi connectivity index (χ3n) is 5.24. The zero-order valence-electron chi connectivity index (χ0n) is 14.2. The van der Waals surface area contributed by atoms with Gasteiger partial charge in [-0.05, 0) is 74.9 Å². The maximum absolute atomic E-state index is 6.53. The molecule has 118 valence electrons. The lowest BCUT2D eigenvalue weighted by atomic mass is 9.86. The third kappa shape index (κ3) is 2.16. The summed E-state index contributed by atoms with van der Waals surface area (Å²) in [6, 6.07) is 12.5. The minimum Gasteiger partial charge on any atom is -0.479 e. The molecular formula is C21H22O2. The maximum atomic E-state index is 6.53. The van der Waals surface area contributed by atoms with Crippen LogP contribution in [0.25, 0.3) is 11.0 Å². The Bertz CT molecular complexity index is 871. The van der Waals surface area contributed by atoms with E-state index in [1.807, 2.05) is 18.2 Å². The van der Waals surface area contributed by atoms with Gasteiger partial charge in [0, 0.05) is 5.39 Å². The lowest BCUT2D eigenvalue weighted by molar-refractivity contribution is 0.0406. The van der Waals surface area contributed by atoms with Crippen LogP contribution in [0.4, 0.5) is 0 Å². The maximum Gasteiger partial charge on any atom is 0.164 e. The molecule has 0 radical (unpaired) electrons. The first-order valence-corrected chi connectivity index (χ1v) is 8.26. The third-order valence-corrected chi connectivity index (χ3v) is 5.24. The molecule has 0 N–H and O–H groups in total. The topological polar surface area (TPSA) is 22.4 Å². The van der Waals surface area contributed by atoms with Crippen molar-refractivity contribution in [3.05, 3.63) is 64.4 Å². The summed E-state index contributed by atoms with van der Waals surface area (Å²) in [5.74, 6) is 1.97. The molecule has 3 aromatic rings. The summed E-state index contributed by atoms with van der Waals surface area (Å²) in [5, 5.41) is 1.13. The van der Waals surface area contributed by atoms with Crippen molar-refractivity contribution in [2.24, 2.45) is 0 Å². The van der Waals surface area contributed by atoms with Crippen LogP contribution < -0.4 is 4.74 Å². The van der Waals surface area contributed by atoms with Crippen molar-refractivity contribution in [1.29, 1.82) is 0 Å². The summed E-state index contributed by atoms with van der Waals surface area (Å²) in [4.78, 5) is 0. The van der Waals surface area contributed by atoms with Crippen molar-refractivity contribution in [2.75, 3.05) is 0 Å². The lowest BCUT2D eigenvalue weighted by Crippen LogP contribution is -2.34. The van der Waals surface area contributed by atoms with E-state index in [0.29, 0.717) is 0 Å². The minimum atomic E-state index is -0.406. The fourth-order valence-corrected chi connectivity index (χ4v) is 3.61. The number of hydrogen-bond donors (Lipinski definition) is 0. The fraction of sp³-hybridized carbons (Fsp3) is 0.333. The summed E-state index contributed by atoms with van der Waals surface area (Å²) < 4.78 is 12.6. The van der Waals surface area contributed by atoms with E-state index in [1.54, 1.807) is 0 Å². The summed E-state index contributed by atoms with van der Waals surface area (Å²) in [6.07, 6.45) is 1.96. The van der Waals surface area contributed by atoms with Crippen LogP contribution in [0.5, 0.6) is 5.75 Å². The molecular weight excluding hydrogens is 284 g/mol. The molecule has 0 spiro atoms. The molecule has 4 rings (SSSR count). The second-order valence-electron chi connectivity index (χ2n) is 6.92. The number of para-hydroxylation sites is 1. The molecule has 1 aromatic heterocycles. The van der Waals surface area contributed by atoms with E-state index in [0.717, 1.165) is 35.3 Å². The van der Waals surface area contributed by atoms with Gasteiger partial charge in [0.05, 0.1) is 0 Å². The van der Waals surface area contributed by atoms with Gasteiger partial charge < -0.3 is 9.15 Å². The van der Waals surface area contributed by atoms with Crippen molar-refractivity contribution < 1.29 is 9.15 Å². The van der Waals surface area contributed by atoms with Crippen LogP contribution in [0.2, 0.25) is 0 Å². The number of hydrogen-bond acceptors (Lipinski definition) is 2. The van der Waals surface area contributed by atoms with Gasteiger partial charge in [-0.2, -0.15) is 0 Å². The van der Waals surface area contributed by atoms with Crippen LogP contribution in [-0.2, 0) is 12.0 Å². The first-order valence-electron chi connectivity index (χ1n) is 8.26. The Kier molecular flexibility index (Phi) is 3.06. The predicted molar refractivity (Wildman–Crippen MR) is 93.2 cm³/mol. The normalized spacial score (nSPS) is 20.3. The minimum absolute atomic E-state index is 0.406. The Hall–Kier alpha value is -2.22. The summed E-state index contributed by atoms with van der Waals surface area (Å²) in [7, 11) is 0. The standard InChI is InChI=1S/C21H22O2/c1-13-11-14(2)17-9-10-21(4,23-20(17)15(13)3)19-12-16-7-5-6-8-18(16)22-19/h5-8,11-12H,9-10H2,1-4H3. The number of rotatable bonds is 1. The number of furan rings is 1. The highest BCUT2D eigenvalue weighted by molar-refractivity contribution is 5.78. The van der Waals surface area contributed by atoms with Crippen LogP contribution in [0, 0.1) is 20.8 Å². The van der Waals surface area contributed by atoms with Crippen LogP contribution in [0.3, 0.4) is 0 Å². The molecule has 0 aliphatic carbocycles. The van der Waals surface area contributed by atoms with Gasteiger partial charge in [-0.1, -0.05) is 24.3 Å². The van der Waals surface area contributed by atoms with Crippen molar-refractivity contribution >= 4 is 11.0 Å². The smallest absolute Gasteiger partial charge is 0.164 e. The predicted octanol–water partition coefficient (Wildman–Crippen LogP) is 5.60. The van der Waals surface area contributed by atoms with E-state index in [4.69, 9.17) is 9.15 Å². The number of fused-ring (bicyclic) bond motifs is 2. The summed E-state index contributed by atoms with van der Waals surface area (Å²) in [6.45, 7) is 8.63. The van der Waals surface area contributed by atoms with E-state index < -0.39 is 5.60 Å². The largest absolute Gasteiger partial charge is 0.479 e. The molecule has 2 nitrogen and oxygen atoms in total. The molecule has 2 heteroatoms. The molecule has 1 aliphatic rings. The lowest BCUT2D eigenvalue weighted by Gasteiger charge is -2.36. The van der Waals surface area contributed by atoms with Gasteiger partial charge in [-0.3, -0.25) is 0 Å². The molecule has 0 bridgehead atoms. The van der Waals surface area contributed by atoms with E-state index in [2.05, 4.69) is 45.9 Å². The van der Waals surface area contributed by atoms with Gasteiger partial charge in [-0.15, -0.1) is 0 Å². The Balaban J connectivity index is 1.82. The molecule has 23 heavy (non-hydrogen) atoms. The monoisotopic (exact) mass is 306 g/mol. The van der Waals surface area contributed by atoms with Crippen LogP contribution in [0.15, 0.2) is 40.8 Å². The van der Waals surface area contributed by atoms with E-state index in [9.17, 15) is 0 Å². The van der Waals surface area contributed by atoms with Gasteiger partial charge in [0.25, 0.3) is 0 Å². The summed E-state index contributed by atoms with van der Waals surface area (Å²) in [5.41, 5.74) is 5.73. The molecule has 0 amide bonds. The van der Waals surface area contributed by atoms with E-state index >= 15 is 0 Å². The molecule has 1 unspecified atom stereocenters. The Labute approximate surface area is 137 Å².